The van der Waals surface area contributed by atoms with Gasteiger partial charge in [0.05, 0.1) is 37.6 Å². The van der Waals surface area contributed by atoms with E-state index < -0.39 is 41.8 Å². The van der Waals surface area contributed by atoms with Gasteiger partial charge in [0, 0.05) is 12.8 Å². The van der Waals surface area contributed by atoms with E-state index in [0.717, 1.165) is 51.4 Å². The van der Waals surface area contributed by atoms with Crippen LogP contribution in [-0.2, 0) is 33.3 Å². The van der Waals surface area contributed by atoms with Gasteiger partial charge in [-0.1, -0.05) is 59.3 Å². The van der Waals surface area contributed by atoms with Crippen LogP contribution in [0.2, 0.25) is 0 Å². The Morgan fingerprint density at radius 1 is 0.647 bits per heavy atom. The molecule has 7 heteroatoms. The molecule has 4 unspecified atom stereocenters. The molecule has 1 aliphatic rings. The van der Waals surface area contributed by atoms with Crippen molar-refractivity contribution in [3.05, 3.63) is 0 Å². The number of hydrogen-bond donors (Lipinski definition) is 0. The van der Waals surface area contributed by atoms with Crippen LogP contribution in [0.4, 0.5) is 0 Å². The molecule has 0 aromatic carbocycles. The van der Waals surface area contributed by atoms with Gasteiger partial charge in [-0.3, -0.25) is 14.4 Å². The summed E-state index contributed by atoms with van der Waals surface area (Å²) in [5.74, 6) is -0.578. The lowest BCUT2D eigenvalue weighted by Crippen LogP contribution is -2.47. The molecule has 34 heavy (non-hydrogen) atoms. The quantitative estimate of drug-likeness (QED) is 0.138. The predicted molar refractivity (Wildman–Crippen MR) is 129 cm³/mol. The number of carbonyl (C=O) groups is 3. The molecule has 0 spiro atoms. The highest BCUT2D eigenvalue weighted by atomic mass is 16.5. The fourth-order valence-corrected chi connectivity index (χ4v) is 3.77. The summed E-state index contributed by atoms with van der Waals surface area (Å²) in [5.41, 5.74) is 0. The van der Waals surface area contributed by atoms with E-state index in [1.54, 1.807) is 0 Å². The van der Waals surface area contributed by atoms with Crippen molar-refractivity contribution in [1.29, 1.82) is 0 Å². The third-order valence-electron chi connectivity index (χ3n) is 6.00. The van der Waals surface area contributed by atoms with Gasteiger partial charge in [0.15, 0.2) is 0 Å². The minimum atomic E-state index is -0.775. The number of esters is 3. The van der Waals surface area contributed by atoms with Crippen LogP contribution in [0.25, 0.3) is 0 Å². The molecule has 1 saturated carbocycles. The fraction of sp³-hybridized carbons (Fsp3) is 0.815. The normalized spacial score (nSPS) is 21.6. The zero-order valence-electron chi connectivity index (χ0n) is 21.6. The van der Waals surface area contributed by atoms with Gasteiger partial charge in [-0.25, -0.2) is 0 Å². The van der Waals surface area contributed by atoms with Crippen molar-refractivity contribution in [2.75, 3.05) is 19.8 Å². The van der Waals surface area contributed by atoms with E-state index in [2.05, 4.69) is 19.0 Å². The standard InChI is InChI=1S/C27H44O7/c1-5-9-13-14-18-31-24-20-22(26(29)33-16-11-7-3)21(25(28)32-15-10-6-2)19-23(24)27(30)34-17-12-8-4/h21-24H,5-13,15-17,19-20H2,1-4H3. The summed E-state index contributed by atoms with van der Waals surface area (Å²) in [7, 11) is 0. The Bertz CT molecular complexity index is 664. The van der Waals surface area contributed by atoms with Crippen molar-refractivity contribution in [3.63, 3.8) is 0 Å². The van der Waals surface area contributed by atoms with Gasteiger partial charge < -0.3 is 18.9 Å². The second-order valence-corrected chi connectivity index (χ2v) is 8.89. The SMILES string of the molecule is CCCCC#COC1CC(C(=O)OCCCC)C(C(=O)OCCCC)CC1C(=O)OCCCC. The molecular weight excluding hydrogens is 436 g/mol. The van der Waals surface area contributed by atoms with Crippen LogP contribution in [0.5, 0.6) is 0 Å². The maximum atomic E-state index is 12.9. The Kier molecular flexibility index (Phi) is 15.9. The second kappa shape index (κ2) is 18.1. The molecule has 0 radical (unpaired) electrons. The molecule has 1 rings (SSSR count). The van der Waals surface area contributed by atoms with E-state index in [-0.39, 0.29) is 19.4 Å². The molecule has 194 valence electrons. The fourth-order valence-electron chi connectivity index (χ4n) is 3.77. The van der Waals surface area contributed by atoms with Gasteiger partial charge in [0.25, 0.3) is 0 Å². The second-order valence-electron chi connectivity index (χ2n) is 8.89. The van der Waals surface area contributed by atoms with E-state index in [1.807, 2.05) is 20.8 Å². The van der Waals surface area contributed by atoms with Crippen LogP contribution in [-0.4, -0.2) is 43.8 Å². The summed E-state index contributed by atoms with van der Waals surface area (Å²) in [6.45, 7) is 9.02. The van der Waals surface area contributed by atoms with Crippen molar-refractivity contribution in [2.45, 2.75) is 104 Å². The third-order valence-corrected chi connectivity index (χ3v) is 6.00. The Morgan fingerprint density at radius 3 is 1.56 bits per heavy atom. The Hall–Kier alpha value is -2.23. The first-order valence-corrected chi connectivity index (χ1v) is 13.1. The average molecular weight is 481 g/mol. The van der Waals surface area contributed by atoms with Crippen molar-refractivity contribution in [2.24, 2.45) is 17.8 Å². The zero-order valence-corrected chi connectivity index (χ0v) is 21.6. The van der Waals surface area contributed by atoms with Crippen LogP contribution in [0.3, 0.4) is 0 Å². The maximum Gasteiger partial charge on any atom is 0.312 e. The van der Waals surface area contributed by atoms with Crippen LogP contribution < -0.4 is 0 Å². The topological polar surface area (TPSA) is 88.1 Å². The first kappa shape index (κ1) is 29.8. The van der Waals surface area contributed by atoms with Gasteiger partial charge in [0.1, 0.15) is 12.2 Å². The van der Waals surface area contributed by atoms with E-state index in [4.69, 9.17) is 18.9 Å². The molecule has 0 saturated heterocycles. The molecule has 0 aromatic rings. The largest absolute Gasteiger partial charge is 0.465 e. The molecule has 1 fully saturated rings. The first-order chi connectivity index (χ1) is 16.5. The zero-order chi connectivity index (χ0) is 25.2. The van der Waals surface area contributed by atoms with Crippen LogP contribution >= 0.6 is 0 Å². The lowest BCUT2D eigenvalue weighted by atomic mass is 9.72. The van der Waals surface area contributed by atoms with Crippen molar-refractivity contribution >= 4 is 17.9 Å². The van der Waals surface area contributed by atoms with Crippen LogP contribution in [0.1, 0.15) is 98.3 Å². The molecule has 4 atom stereocenters. The highest BCUT2D eigenvalue weighted by Gasteiger charge is 2.49. The summed E-state index contributed by atoms with van der Waals surface area (Å²) < 4.78 is 22.1. The molecule has 0 amide bonds. The Balaban J connectivity index is 3.07. The van der Waals surface area contributed by atoms with Gasteiger partial charge in [0.2, 0.25) is 0 Å². The molecule has 0 aromatic heterocycles. The summed E-state index contributed by atoms with van der Waals surface area (Å²) in [5, 5.41) is 0. The smallest absolute Gasteiger partial charge is 0.312 e. The van der Waals surface area contributed by atoms with E-state index in [9.17, 15) is 14.4 Å². The number of rotatable bonds is 15. The average Bonchev–Trinajstić information content (AvgIpc) is 2.83. The van der Waals surface area contributed by atoms with E-state index in [0.29, 0.717) is 19.6 Å². The first-order valence-electron chi connectivity index (χ1n) is 13.1. The van der Waals surface area contributed by atoms with E-state index in [1.165, 1.54) is 0 Å². The molecule has 7 nitrogen and oxygen atoms in total. The van der Waals surface area contributed by atoms with Crippen molar-refractivity contribution < 1.29 is 33.3 Å². The summed E-state index contributed by atoms with van der Waals surface area (Å²) in [6.07, 6.45) is 9.96. The molecule has 0 heterocycles. The van der Waals surface area contributed by atoms with Crippen LogP contribution in [0, 0.1) is 29.8 Å². The summed E-state index contributed by atoms with van der Waals surface area (Å²) >= 11 is 0. The monoisotopic (exact) mass is 480 g/mol. The third kappa shape index (κ3) is 10.8. The lowest BCUT2D eigenvalue weighted by molar-refractivity contribution is -0.172. The minimum absolute atomic E-state index is 0.116. The van der Waals surface area contributed by atoms with Gasteiger partial charge in [-0.2, -0.15) is 0 Å². The molecule has 0 N–H and O–H groups in total. The number of ether oxygens (including phenoxy) is 4. The molecule has 0 bridgehead atoms. The van der Waals surface area contributed by atoms with Gasteiger partial charge >= 0.3 is 17.9 Å². The lowest BCUT2D eigenvalue weighted by Gasteiger charge is -2.36. The summed E-state index contributed by atoms with van der Waals surface area (Å²) in [6, 6.07) is 0. The molecule has 1 aliphatic carbocycles. The van der Waals surface area contributed by atoms with Gasteiger partial charge in [-0.05, 0) is 32.1 Å². The minimum Gasteiger partial charge on any atom is -0.465 e. The van der Waals surface area contributed by atoms with Gasteiger partial charge in [-0.15, -0.1) is 0 Å². The van der Waals surface area contributed by atoms with Crippen molar-refractivity contribution in [3.8, 4) is 12.0 Å². The maximum absolute atomic E-state index is 12.9. The molecular formula is C27H44O7. The highest BCUT2D eigenvalue weighted by Crippen LogP contribution is 2.38. The summed E-state index contributed by atoms with van der Waals surface area (Å²) in [4.78, 5) is 38.8. The Labute approximate surface area is 205 Å². The number of carbonyl (C=O) groups excluding carboxylic acids is 3. The number of unbranched alkanes of at least 4 members (excludes halogenated alkanes) is 5. The predicted octanol–water partition coefficient (Wildman–Crippen LogP) is 5.20. The Morgan fingerprint density at radius 2 is 1.09 bits per heavy atom. The molecule has 0 aliphatic heterocycles. The van der Waals surface area contributed by atoms with Crippen LogP contribution in [0.15, 0.2) is 0 Å². The van der Waals surface area contributed by atoms with E-state index >= 15 is 0 Å². The number of hydrogen-bond acceptors (Lipinski definition) is 7. The highest BCUT2D eigenvalue weighted by molar-refractivity contribution is 5.84. The van der Waals surface area contributed by atoms with Crippen molar-refractivity contribution in [1.82, 2.24) is 0 Å².